The van der Waals surface area contributed by atoms with Gasteiger partial charge in [0.05, 0.1) is 18.1 Å². The van der Waals surface area contributed by atoms with Gasteiger partial charge in [0.15, 0.2) is 16.6 Å². The monoisotopic (exact) mass is 370 g/mol. The third-order valence-electron chi connectivity index (χ3n) is 3.22. The molecule has 1 aromatic rings. The van der Waals surface area contributed by atoms with Crippen LogP contribution in [0, 0.1) is 10.1 Å². The maximum absolute atomic E-state index is 10.8. The lowest BCUT2D eigenvalue weighted by atomic mass is 10.2. The first-order chi connectivity index (χ1) is 11.0. The van der Waals surface area contributed by atoms with Crippen molar-refractivity contribution >= 4 is 28.0 Å². The third-order valence-corrected chi connectivity index (χ3v) is 5.36. The normalized spacial score (nSPS) is 12.2. The molecule has 0 N–H and O–H groups in total. The number of nitrogens with zero attached hydrogens (tertiary/aromatic N) is 2. The zero-order valence-electron chi connectivity index (χ0n) is 15.7. The zero-order valence-corrected chi connectivity index (χ0v) is 17.7. The molecule has 0 aliphatic rings. The van der Waals surface area contributed by atoms with E-state index in [1.807, 2.05) is 0 Å². The first-order valence-corrected chi connectivity index (χ1v) is 15.1. The predicted molar refractivity (Wildman–Crippen MR) is 104 cm³/mol. The Morgan fingerprint density at radius 3 is 1.67 bits per heavy atom. The molecule has 0 spiro atoms. The highest BCUT2D eigenvalue weighted by Crippen LogP contribution is 2.19. The Hall–Kier alpha value is -1.23. The largest absolute Gasteiger partial charge is 0.416 e. The van der Waals surface area contributed by atoms with Gasteiger partial charge in [-0.25, -0.2) is 0 Å². The molecular weight excluding hydrogens is 340 g/mol. The molecule has 0 saturated carbocycles. The number of non-ortho nitro benzene ring substituents is 1. The summed E-state index contributed by atoms with van der Waals surface area (Å²) in [5.74, 6) is 0. The van der Waals surface area contributed by atoms with Crippen LogP contribution in [-0.4, -0.2) is 47.9 Å². The van der Waals surface area contributed by atoms with Crippen molar-refractivity contribution in [1.82, 2.24) is 0 Å². The highest BCUT2D eigenvalue weighted by Gasteiger charge is 2.17. The van der Waals surface area contributed by atoms with Crippen LogP contribution in [0.15, 0.2) is 24.3 Å². The second-order valence-electron chi connectivity index (χ2n) is 7.68. The molecule has 0 aliphatic heterocycles. The van der Waals surface area contributed by atoms with Gasteiger partial charge in [0.1, 0.15) is 0 Å². The minimum absolute atomic E-state index is 0.107. The van der Waals surface area contributed by atoms with Gasteiger partial charge in [-0.3, -0.25) is 10.1 Å². The van der Waals surface area contributed by atoms with Crippen LogP contribution in [0.1, 0.15) is 0 Å². The topological polar surface area (TPSA) is 64.8 Å². The predicted octanol–water partition coefficient (Wildman–Crippen LogP) is 4.10. The summed E-state index contributed by atoms with van der Waals surface area (Å²) in [6.07, 6.45) is 0. The molecule has 0 fully saturated rings. The summed E-state index contributed by atoms with van der Waals surface area (Å²) in [6, 6.07) is 6.67. The molecule has 1 rings (SSSR count). The summed E-state index contributed by atoms with van der Waals surface area (Å²) in [4.78, 5) is 12.6. The van der Waals surface area contributed by atoms with Gasteiger partial charge < -0.3 is 13.8 Å². The Morgan fingerprint density at radius 1 is 0.917 bits per heavy atom. The summed E-state index contributed by atoms with van der Waals surface area (Å²) in [7, 11) is -3.10. The lowest BCUT2D eigenvalue weighted by Crippen LogP contribution is -2.37. The van der Waals surface area contributed by atoms with Crippen molar-refractivity contribution in [3.63, 3.8) is 0 Å². The highest BCUT2D eigenvalue weighted by atomic mass is 28.4. The molecule has 24 heavy (non-hydrogen) atoms. The van der Waals surface area contributed by atoms with E-state index in [1.54, 1.807) is 24.3 Å². The van der Waals surface area contributed by atoms with Crippen molar-refractivity contribution in [3.05, 3.63) is 34.4 Å². The number of hydrogen-bond acceptors (Lipinski definition) is 5. The quantitative estimate of drug-likeness (QED) is 0.352. The average molecular weight is 371 g/mol. The molecule has 1 aromatic carbocycles. The van der Waals surface area contributed by atoms with E-state index in [4.69, 9.17) is 8.85 Å². The molecule has 0 amide bonds. The Balaban J connectivity index is 2.73. The van der Waals surface area contributed by atoms with Gasteiger partial charge in [0, 0.05) is 30.9 Å². The summed E-state index contributed by atoms with van der Waals surface area (Å²) in [6.45, 7) is 15.8. The molecule has 0 saturated heterocycles. The minimum atomic E-state index is -1.55. The van der Waals surface area contributed by atoms with E-state index >= 15 is 0 Å². The van der Waals surface area contributed by atoms with E-state index in [1.165, 1.54) is 0 Å². The van der Waals surface area contributed by atoms with Gasteiger partial charge in [-0.15, -0.1) is 0 Å². The fourth-order valence-corrected chi connectivity index (χ4v) is 3.49. The molecule has 136 valence electrons. The Kier molecular flexibility index (Phi) is 7.59. The van der Waals surface area contributed by atoms with Crippen LogP contribution in [0.2, 0.25) is 39.3 Å². The maximum atomic E-state index is 10.8. The van der Waals surface area contributed by atoms with E-state index in [2.05, 4.69) is 44.2 Å². The van der Waals surface area contributed by atoms with Gasteiger partial charge in [-0.1, -0.05) is 0 Å². The second-order valence-corrected chi connectivity index (χ2v) is 16.7. The SMILES string of the molecule is C[Si](C)(C)OCCN(CCO[Si](C)(C)C)c1ccc([N+](=O)[O-])cc1. The van der Waals surface area contributed by atoms with Crippen LogP contribution in [0.3, 0.4) is 0 Å². The highest BCUT2D eigenvalue weighted by molar-refractivity contribution is 6.70. The van der Waals surface area contributed by atoms with Crippen molar-refractivity contribution in [1.29, 1.82) is 0 Å². The van der Waals surface area contributed by atoms with Crippen LogP contribution >= 0.6 is 0 Å². The van der Waals surface area contributed by atoms with Crippen molar-refractivity contribution in [3.8, 4) is 0 Å². The first kappa shape index (κ1) is 20.8. The van der Waals surface area contributed by atoms with Crippen molar-refractivity contribution in [2.75, 3.05) is 31.2 Å². The molecule has 8 heteroatoms. The molecule has 0 unspecified atom stereocenters. The second kappa shape index (κ2) is 8.75. The van der Waals surface area contributed by atoms with E-state index in [-0.39, 0.29) is 10.6 Å². The lowest BCUT2D eigenvalue weighted by molar-refractivity contribution is -0.384. The smallest absolute Gasteiger partial charge is 0.269 e. The van der Waals surface area contributed by atoms with Crippen LogP contribution in [0.4, 0.5) is 11.4 Å². The number of rotatable bonds is 10. The average Bonchev–Trinajstić information content (AvgIpc) is 2.43. The Morgan fingerprint density at radius 2 is 1.33 bits per heavy atom. The van der Waals surface area contributed by atoms with Crippen molar-refractivity contribution < 1.29 is 13.8 Å². The van der Waals surface area contributed by atoms with E-state index in [0.717, 1.165) is 18.8 Å². The zero-order chi connectivity index (χ0) is 18.4. The summed E-state index contributed by atoms with van der Waals surface area (Å²) in [5.41, 5.74) is 1.06. The third kappa shape index (κ3) is 8.58. The maximum Gasteiger partial charge on any atom is 0.269 e. The van der Waals surface area contributed by atoms with Crippen LogP contribution < -0.4 is 4.90 Å². The van der Waals surface area contributed by atoms with E-state index in [9.17, 15) is 10.1 Å². The Labute approximate surface area is 147 Å². The van der Waals surface area contributed by atoms with Crippen molar-refractivity contribution in [2.45, 2.75) is 39.3 Å². The summed E-state index contributed by atoms with van der Waals surface area (Å²) >= 11 is 0. The molecular formula is C16H30N2O4Si2. The number of anilines is 1. The lowest BCUT2D eigenvalue weighted by Gasteiger charge is -2.28. The first-order valence-electron chi connectivity index (χ1n) is 8.25. The van der Waals surface area contributed by atoms with Crippen molar-refractivity contribution in [2.24, 2.45) is 0 Å². The number of benzene rings is 1. The van der Waals surface area contributed by atoms with E-state index < -0.39 is 16.6 Å². The molecule has 0 aliphatic carbocycles. The summed E-state index contributed by atoms with van der Waals surface area (Å²) in [5, 5.41) is 10.8. The van der Waals surface area contributed by atoms with Crippen LogP contribution in [0.25, 0.3) is 0 Å². The molecule has 0 atom stereocenters. The van der Waals surface area contributed by atoms with Crippen LogP contribution in [-0.2, 0) is 8.85 Å². The minimum Gasteiger partial charge on any atom is -0.416 e. The fraction of sp³-hybridized carbons (Fsp3) is 0.625. The van der Waals surface area contributed by atoms with Gasteiger partial charge in [0.2, 0.25) is 0 Å². The van der Waals surface area contributed by atoms with Gasteiger partial charge >= 0.3 is 0 Å². The van der Waals surface area contributed by atoms with Gasteiger partial charge in [-0.05, 0) is 51.4 Å². The molecule has 0 radical (unpaired) electrons. The molecule has 0 bridgehead atoms. The fourth-order valence-electron chi connectivity index (χ4n) is 2.08. The number of hydrogen-bond donors (Lipinski definition) is 0. The summed E-state index contributed by atoms with van der Waals surface area (Å²) < 4.78 is 11.9. The molecule has 6 nitrogen and oxygen atoms in total. The molecule has 0 heterocycles. The standard InChI is InChI=1S/C16H30N2O4Si2/c1-23(2,3)21-13-11-17(12-14-22-24(4,5)6)15-7-9-16(10-8-15)18(19)20/h7-10H,11-14H2,1-6H3. The Bertz CT molecular complexity index is 504. The number of nitro groups is 1. The van der Waals surface area contributed by atoms with E-state index in [0.29, 0.717) is 13.2 Å². The van der Waals surface area contributed by atoms with Crippen LogP contribution in [0.5, 0.6) is 0 Å². The molecule has 0 aromatic heterocycles. The van der Waals surface area contributed by atoms with Gasteiger partial charge in [0.25, 0.3) is 5.69 Å². The number of nitro benzene ring substituents is 1. The van der Waals surface area contributed by atoms with Gasteiger partial charge in [-0.2, -0.15) is 0 Å².